The fraction of sp³-hybridized carbons (Fsp3) is 0.800. The lowest BCUT2D eigenvalue weighted by Crippen LogP contribution is -1.85. The van der Waals surface area contributed by atoms with Crippen molar-refractivity contribution >= 4 is 5.97 Å². The van der Waals surface area contributed by atoms with E-state index in [-0.39, 0.29) is 19.4 Å². The molecule has 0 aromatic heterocycles. The van der Waals surface area contributed by atoms with E-state index in [1.165, 1.54) is 0 Å². The Bertz CT molecular complexity index is 60.7. The zero-order valence-corrected chi connectivity index (χ0v) is 6.08. The Labute approximate surface area is 59.9 Å². The van der Waals surface area contributed by atoms with Crippen LogP contribution in [0.2, 0.25) is 0 Å². The van der Waals surface area contributed by atoms with Gasteiger partial charge in [-0.1, -0.05) is 0 Å². The van der Waals surface area contributed by atoms with Gasteiger partial charge in [0, 0.05) is 20.1 Å². The number of hydrogen-bond donors (Lipinski definition) is 4. The van der Waals surface area contributed by atoms with E-state index in [0.29, 0.717) is 6.42 Å². The van der Waals surface area contributed by atoms with Crippen LogP contribution in [0.15, 0.2) is 0 Å². The van der Waals surface area contributed by atoms with Crippen LogP contribution < -0.4 is 6.15 Å². The highest BCUT2D eigenvalue weighted by atomic mass is 16.4. The first-order chi connectivity index (χ1) is 4.15. The number of rotatable bonds is 2. The normalized spacial score (nSPS) is 6.70. The molecule has 0 unspecified atom stereocenters. The third kappa shape index (κ3) is 163. The Morgan fingerprint density at radius 1 is 1.30 bits per heavy atom. The van der Waals surface area contributed by atoms with Gasteiger partial charge in [-0.15, -0.1) is 0 Å². The summed E-state index contributed by atoms with van der Waals surface area (Å²) in [6.45, 7) is 1.27. The molecule has 5 heteroatoms. The Kier molecular flexibility index (Phi) is 25.5. The van der Waals surface area contributed by atoms with Crippen LogP contribution in [-0.2, 0) is 4.79 Å². The van der Waals surface area contributed by atoms with Crippen molar-refractivity contribution in [2.45, 2.75) is 13.3 Å². The molecule has 6 N–H and O–H groups in total. The first kappa shape index (κ1) is 16.2. The van der Waals surface area contributed by atoms with Gasteiger partial charge in [-0.25, -0.2) is 0 Å². The van der Waals surface area contributed by atoms with Gasteiger partial charge in [0.05, 0.1) is 0 Å². The summed E-state index contributed by atoms with van der Waals surface area (Å²) in [6, 6.07) is 0. The molecule has 0 bridgehead atoms. The first-order valence-electron chi connectivity index (χ1n) is 2.56. The molecule has 0 atom stereocenters. The van der Waals surface area contributed by atoms with Crippen molar-refractivity contribution in [3.63, 3.8) is 0 Å². The molecule has 0 aromatic rings. The molecule has 0 aliphatic carbocycles. The van der Waals surface area contributed by atoms with Crippen molar-refractivity contribution in [3.05, 3.63) is 0 Å². The fourth-order valence-corrected chi connectivity index (χ4v) is 0.0707. The highest BCUT2D eigenvalue weighted by Gasteiger charge is 1.70. The number of hydrogen-bond acceptors (Lipinski definition) is 4. The molecule has 0 aliphatic heterocycles. The molecule has 0 spiro atoms. The van der Waals surface area contributed by atoms with Crippen molar-refractivity contribution in [2.24, 2.45) is 0 Å². The second-order valence-corrected chi connectivity index (χ2v) is 1.32. The minimum absolute atomic E-state index is 0. The number of carbonyl (C=O) groups is 1. The minimum atomic E-state index is -0.833. The summed E-state index contributed by atoms with van der Waals surface area (Å²) < 4.78 is 0. The van der Waals surface area contributed by atoms with Gasteiger partial charge in [-0.3, -0.25) is 4.79 Å². The van der Waals surface area contributed by atoms with E-state index in [4.69, 9.17) is 20.1 Å². The Balaban J connectivity index is -0.0000000910. The summed E-state index contributed by atoms with van der Waals surface area (Å²) in [4.78, 5) is 9.00. The highest BCUT2D eigenvalue weighted by Crippen LogP contribution is 1.65. The van der Waals surface area contributed by atoms with Gasteiger partial charge >= 0.3 is 0 Å². The Morgan fingerprint density at radius 2 is 1.50 bits per heavy atom. The van der Waals surface area contributed by atoms with E-state index < -0.39 is 5.97 Å². The Morgan fingerprint density at radius 3 is 1.50 bits per heavy atom. The lowest BCUT2D eigenvalue weighted by Gasteiger charge is -1.79. The predicted octanol–water partition coefficient (Wildman–Crippen LogP) is -0.386. The van der Waals surface area contributed by atoms with E-state index in [0.717, 1.165) is 6.92 Å². The van der Waals surface area contributed by atoms with Crippen LogP contribution in [0.5, 0.6) is 0 Å². The molecule has 0 fully saturated rings. The van der Waals surface area contributed by atoms with Crippen LogP contribution in [0, 0.1) is 0 Å². The molecule has 0 aliphatic rings. The zero-order chi connectivity index (χ0) is 7.70. The van der Waals surface area contributed by atoms with Gasteiger partial charge in [-0.2, -0.15) is 0 Å². The lowest BCUT2D eigenvalue weighted by molar-refractivity contribution is -0.134. The monoisotopic (exact) mass is 153 g/mol. The second kappa shape index (κ2) is 15.8. The molecular formula is C5H15NO4. The standard InChI is InChI=1S/C3H8O2.C2H4O2.H3N/c4-2-1-3-5;1-2(3)4;/h4-5H,1-3H2;1H3,(H,3,4);1H3. The van der Waals surface area contributed by atoms with Gasteiger partial charge in [0.2, 0.25) is 0 Å². The van der Waals surface area contributed by atoms with Crippen molar-refractivity contribution in [1.29, 1.82) is 0 Å². The van der Waals surface area contributed by atoms with E-state index in [1.807, 2.05) is 0 Å². The number of aliphatic hydroxyl groups is 2. The van der Waals surface area contributed by atoms with Gasteiger partial charge in [0.15, 0.2) is 0 Å². The maximum Gasteiger partial charge on any atom is 0.300 e. The Hall–Kier alpha value is -0.650. The second-order valence-electron chi connectivity index (χ2n) is 1.32. The number of aliphatic hydroxyl groups excluding tert-OH is 2. The van der Waals surface area contributed by atoms with E-state index in [2.05, 4.69) is 0 Å². The lowest BCUT2D eigenvalue weighted by atomic mass is 10.5. The summed E-state index contributed by atoms with van der Waals surface area (Å²) in [7, 11) is 0. The third-order valence-corrected chi connectivity index (χ3v) is 0.316. The van der Waals surface area contributed by atoms with Crippen molar-refractivity contribution in [1.82, 2.24) is 6.15 Å². The molecule has 64 valence electrons. The van der Waals surface area contributed by atoms with Gasteiger partial charge in [0.1, 0.15) is 0 Å². The molecule has 5 nitrogen and oxygen atoms in total. The average molecular weight is 153 g/mol. The van der Waals surface area contributed by atoms with E-state index in [1.54, 1.807) is 0 Å². The van der Waals surface area contributed by atoms with Crippen molar-refractivity contribution in [2.75, 3.05) is 13.2 Å². The van der Waals surface area contributed by atoms with Crippen LogP contribution in [0.1, 0.15) is 13.3 Å². The molecule has 0 rings (SSSR count). The topological polar surface area (TPSA) is 113 Å². The van der Waals surface area contributed by atoms with Crippen LogP contribution in [-0.4, -0.2) is 34.5 Å². The fourth-order valence-electron chi connectivity index (χ4n) is 0.0707. The van der Waals surface area contributed by atoms with E-state index in [9.17, 15) is 0 Å². The first-order valence-corrected chi connectivity index (χ1v) is 2.56. The molecule has 0 heterocycles. The number of aliphatic carboxylic acids is 1. The molecular weight excluding hydrogens is 138 g/mol. The molecule has 0 saturated carbocycles. The third-order valence-electron chi connectivity index (χ3n) is 0.316. The van der Waals surface area contributed by atoms with E-state index >= 15 is 0 Å². The molecule has 0 aromatic carbocycles. The maximum absolute atomic E-state index is 9.00. The summed E-state index contributed by atoms with van der Waals surface area (Å²) in [5.74, 6) is -0.833. The molecule has 0 radical (unpaired) electrons. The molecule has 10 heavy (non-hydrogen) atoms. The van der Waals surface area contributed by atoms with Crippen LogP contribution >= 0.6 is 0 Å². The van der Waals surface area contributed by atoms with Crippen LogP contribution in [0.4, 0.5) is 0 Å². The average Bonchev–Trinajstić information content (AvgIpc) is 1.66. The smallest absolute Gasteiger partial charge is 0.300 e. The highest BCUT2D eigenvalue weighted by molar-refractivity contribution is 5.62. The van der Waals surface area contributed by atoms with Gasteiger partial charge in [-0.05, 0) is 6.42 Å². The number of carboxylic acids is 1. The molecule has 0 saturated heterocycles. The maximum atomic E-state index is 9.00. The largest absolute Gasteiger partial charge is 0.481 e. The molecule has 0 amide bonds. The summed E-state index contributed by atoms with van der Waals surface area (Å²) >= 11 is 0. The van der Waals surface area contributed by atoms with Crippen LogP contribution in [0.3, 0.4) is 0 Å². The van der Waals surface area contributed by atoms with Crippen LogP contribution in [0.25, 0.3) is 0 Å². The summed E-state index contributed by atoms with van der Waals surface area (Å²) in [5, 5.41) is 23.2. The quantitative estimate of drug-likeness (QED) is 0.431. The SMILES string of the molecule is CC(=O)O.N.OCCCO. The van der Waals surface area contributed by atoms with Crippen molar-refractivity contribution < 1.29 is 20.1 Å². The predicted molar refractivity (Wildman–Crippen MR) is 37.1 cm³/mol. The summed E-state index contributed by atoms with van der Waals surface area (Å²) in [5.41, 5.74) is 0. The number of carboxylic acid groups (broad SMARTS) is 1. The zero-order valence-electron chi connectivity index (χ0n) is 6.08. The minimum Gasteiger partial charge on any atom is -0.481 e. The summed E-state index contributed by atoms with van der Waals surface area (Å²) in [6.07, 6.45) is 0.500. The van der Waals surface area contributed by atoms with Gasteiger partial charge in [0.25, 0.3) is 5.97 Å². The van der Waals surface area contributed by atoms with Gasteiger partial charge < -0.3 is 21.5 Å². The van der Waals surface area contributed by atoms with Crippen molar-refractivity contribution in [3.8, 4) is 0 Å².